The molecule has 3 saturated carbocycles. The lowest BCUT2D eigenvalue weighted by atomic mass is 9.62. The van der Waals surface area contributed by atoms with Crippen LogP contribution in [0.25, 0.3) is 27.8 Å². The molecule has 0 bridgehead atoms. The molecular weight excluding hydrogens is 1240 g/mol. The van der Waals surface area contributed by atoms with Gasteiger partial charge >= 0.3 is 0 Å². The third-order valence-corrected chi connectivity index (χ3v) is 26.5. The fourth-order valence-corrected chi connectivity index (χ4v) is 21.1. The lowest BCUT2D eigenvalue weighted by Crippen LogP contribution is -2.34. The Hall–Kier alpha value is -5.74. The van der Waals surface area contributed by atoms with Crippen molar-refractivity contribution in [2.45, 2.75) is 273 Å². The standard InChI is InChI=1S/C31H38O2.C27H37P.C23H27Br.C8H12O2/c1-19-15-24-25(31(7,8)14-13-30(24,5)6)16-23(19)20(2)21-9-11-22(12-10-21)28-26(32)17-29(3,4)18-27(28)33;1-20-18-21(2)27(22(3)19-20)25-16-10-11-17-26(25)28(23-12-6-4-7-13-23)24-14-8-5-9-15-24;1-15-13-20-21(23(5,6)12-11-22(20,3)4)14-19(15)16(2)17-7-9-18(24)10-8-17;1-8(2)4-6(9)3-7(10)5-8/h9-12,15-16,32H,2,13-14,17-18H2,1,3-8H3;10-11,16-19,23-24H,4-9,12-15H2,1-3H3;7-10,13-14H,2,11-12H2,1,3-6H3;3-5H2,1-2H3. The predicted octanol–water partition coefficient (Wildman–Crippen LogP) is 24.6. The van der Waals surface area contributed by atoms with Gasteiger partial charge in [-0.05, 0) is 242 Å². The van der Waals surface area contributed by atoms with Crippen LogP contribution >= 0.6 is 23.9 Å². The minimum atomic E-state index is -0.189. The third kappa shape index (κ3) is 17.2. The number of aryl methyl sites for hydroxylation is 5. The molecule has 506 valence electrons. The number of aliphatic hydroxyl groups excluding tert-OH is 1. The van der Waals surface area contributed by atoms with Crippen molar-refractivity contribution in [3.63, 3.8) is 0 Å². The molecule has 6 aliphatic rings. The number of hydrogen-bond acceptors (Lipinski definition) is 4. The zero-order valence-electron chi connectivity index (χ0n) is 61.4. The van der Waals surface area contributed by atoms with Gasteiger partial charge in [-0.1, -0.05) is 261 Å². The second kappa shape index (κ2) is 29.4. The smallest absolute Gasteiger partial charge is 0.167 e. The molecule has 0 heterocycles. The van der Waals surface area contributed by atoms with E-state index in [1.807, 2.05) is 52.0 Å². The maximum atomic E-state index is 12.7. The molecular formula is C89H114BrO4P. The number of aliphatic hydroxyl groups is 1. The van der Waals surface area contributed by atoms with Gasteiger partial charge in [0, 0.05) is 30.2 Å². The van der Waals surface area contributed by atoms with Crippen LogP contribution in [0.15, 0.2) is 133 Å². The molecule has 0 saturated heterocycles. The number of carbonyl (C=O) groups excluding carboxylic acids is 3. The van der Waals surface area contributed by atoms with E-state index in [0.717, 1.165) is 38.1 Å². The van der Waals surface area contributed by atoms with Crippen molar-refractivity contribution in [2.24, 2.45) is 10.8 Å². The average molecular weight is 1360 g/mol. The predicted molar refractivity (Wildman–Crippen MR) is 411 cm³/mol. The van der Waals surface area contributed by atoms with Crippen molar-refractivity contribution in [3.05, 3.63) is 210 Å². The molecule has 4 nitrogen and oxygen atoms in total. The average Bonchev–Trinajstić information content (AvgIpc) is 0.756. The highest BCUT2D eigenvalue weighted by molar-refractivity contribution is 9.10. The number of benzene rings is 6. The summed E-state index contributed by atoms with van der Waals surface area (Å²) >= 11 is 3.51. The second-order valence-electron chi connectivity index (χ2n) is 33.8. The summed E-state index contributed by atoms with van der Waals surface area (Å²) in [6, 6.07) is 40.2. The first-order chi connectivity index (χ1) is 44.5. The van der Waals surface area contributed by atoms with Gasteiger partial charge in [-0.15, -0.1) is 0 Å². The second-order valence-corrected chi connectivity index (χ2v) is 37.5. The summed E-state index contributed by atoms with van der Waals surface area (Å²) in [4.78, 5) is 34.5. The molecule has 6 aromatic rings. The van der Waals surface area contributed by atoms with Crippen LogP contribution in [0.1, 0.15) is 283 Å². The molecule has 95 heavy (non-hydrogen) atoms. The van der Waals surface area contributed by atoms with Gasteiger partial charge in [0.05, 0.1) is 12.0 Å². The van der Waals surface area contributed by atoms with Crippen molar-refractivity contribution >= 4 is 63.2 Å². The number of rotatable bonds is 9. The molecule has 0 spiro atoms. The summed E-state index contributed by atoms with van der Waals surface area (Å²) in [6.45, 7) is 47.0. The molecule has 3 fully saturated rings. The van der Waals surface area contributed by atoms with Gasteiger partial charge in [0.1, 0.15) is 17.3 Å². The number of carbonyl (C=O) groups is 3. The van der Waals surface area contributed by atoms with E-state index < -0.39 is 0 Å². The Morgan fingerprint density at radius 3 is 1.27 bits per heavy atom. The lowest BCUT2D eigenvalue weighted by Gasteiger charge is -2.42. The Bertz CT molecular complexity index is 3820. The van der Waals surface area contributed by atoms with Crippen molar-refractivity contribution in [1.29, 1.82) is 0 Å². The summed E-state index contributed by atoms with van der Waals surface area (Å²) in [6.07, 6.45) is 21.8. The van der Waals surface area contributed by atoms with E-state index in [1.54, 1.807) is 10.9 Å². The molecule has 6 aliphatic carbocycles. The molecule has 6 heteroatoms. The Kier molecular flexibility index (Phi) is 22.7. The van der Waals surface area contributed by atoms with E-state index in [-0.39, 0.29) is 69.9 Å². The van der Waals surface area contributed by atoms with Gasteiger partial charge in [0.15, 0.2) is 5.78 Å². The third-order valence-electron chi connectivity index (χ3n) is 22.4. The van der Waals surface area contributed by atoms with Crippen LogP contribution in [0.5, 0.6) is 0 Å². The first kappa shape index (κ1) is 73.5. The van der Waals surface area contributed by atoms with E-state index in [9.17, 15) is 19.5 Å². The monoisotopic (exact) mass is 1360 g/mol. The fraction of sp³-hybridized carbons (Fsp3) is 0.494. The zero-order chi connectivity index (χ0) is 69.3. The Morgan fingerprint density at radius 1 is 0.474 bits per heavy atom. The fourth-order valence-electron chi connectivity index (χ4n) is 16.9. The zero-order valence-corrected chi connectivity index (χ0v) is 63.9. The Morgan fingerprint density at radius 2 is 0.863 bits per heavy atom. The van der Waals surface area contributed by atoms with E-state index in [1.165, 1.54) is 162 Å². The lowest BCUT2D eigenvalue weighted by molar-refractivity contribution is -0.133. The van der Waals surface area contributed by atoms with Crippen molar-refractivity contribution in [1.82, 2.24) is 0 Å². The molecule has 6 aromatic carbocycles. The van der Waals surface area contributed by atoms with Gasteiger partial charge in [-0.2, -0.15) is 0 Å². The van der Waals surface area contributed by atoms with Gasteiger partial charge in [0.25, 0.3) is 0 Å². The van der Waals surface area contributed by atoms with E-state index in [4.69, 9.17) is 0 Å². The Balaban J connectivity index is 0.000000157. The largest absolute Gasteiger partial charge is 0.512 e. The van der Waals surface area contributed by atoms with E-state index in [0.29, 0.717) is 31.3 Å². The van der Waals surface area contributed by atoms with Crippen molar-refractivity contribution in [2.75, 3.05) is 0 Å². The van der Waals surface area contributed by atoms with Crippen molar-refractivity contribution < 1.29 is 19.5 Å². The van der Waals surface area contributed by atoms with Crippen molar-refractivity contribution in [3.8, 4) is 11.1 Å². The molecule has 0 atom stereocenters. The highest BCUT2D eigenvalue weighted by atomic mass is 79.9. The number of allylic oxidation sites excluding steroid dienone is 2. The minimum Gasteiger partial charge on any atom is -0.512 e. The SMILES string of the molecule is C=C(c1ccc(Br)cc1)c1cc2c(cc1C)C(C)(C)CCC2(C)C.C=C(c1ccc(C2=C(O)CC(C)(C)CC2=O)cc1)c1cc2c(cc1C)C(C)(C)CCC2(C)C.CC1(C)CC(=O)CC(=O)C1.Cc1cc(C)c(-c2ccccc2P(C2CCCCC2)C2CCCCC2)c(C)c1. The molecule has 0 radical (unpaired) electrons. The molecule has 0 aromatic heterocycles. The van der Waals surface area contributed by atoms with Crippen LogP contribution in [0, 0.1) is 45.4 Å². The van der Waals surface area contributed by atoms with E-state index in [2.05, 4.69) is 204 Å². The molecule has 0 aliphatic heterocycles. The summed E-state index contributed by atoms with van der Waals surface area (Å²) in [5.74, 6) is 0.423. The van der Waals surface area contributed by atoms with E-state index >= 15 is 0 Å². The minimum absolute atomic E-state index is 0.0192. The number of hydrogen-bond donors (Lipinski definition) is 1. The van der Waals surface area contributed by atoms with Gasteiger partial charge in [0.2, 0.25) is 0 Å². The summed E-state index contributed by atoms with van der Waals surface area (Å²) in [5, 5.41) is 12.3. The maximum absolute atomic E-state index is 12.7. The summed E-state index contributed by atoms with van der Waals surface area (Å²) in [5.41, 5.74) is 26.4. The Labute approximate surface area is 584 Å². The topological polar surface area (TPSA) is 71.4 Å². The first-order valence-electron chi connectivity index (χ1n) is 36.0. The van der Waals surface area contributed by atoms with Crippen LogP contribution < -0.4 is 5.30 Å². The molecule has 0 unspecified atom stereocenters. The van der Waals surface area contributed by atoms with Gasteiger partial charge in [-0.3, -0.25) is 14.4 Å². The number of ketones is 3. The normalized spacial score (nSPS) is 20.2. The molecule has 12 rings (SSSR count). The van der Waals surface area contributed by atoms with Gasteiger partial charge in [-0.25, -0.2) is 0 Å². The van der Waals surface area contributed by atoms with Crippen LogP contribution in [-0.2, 0) is 36.0 Å². The summed E-state index contributed by atoms with van der Waals surface area (Å²) < 4.78 is 1.10. The number of halogens is 1. The highest BCUT2D eigenvalue weighted by Gasteiger charge is 2.41. The first-order valence-corrected chi connectivity index (χ1v) is 38.3. The molecule has 1 N–H and O–H groups in total. The van der Waals surface area contributed by atoms with Crippen LogP contribution in [0.4, 0.5) is 0 Å². The quantitative estimate of drug-likeness (QED) is 0.116. The highest BCUT2D eigenvalue weighted by Crippen LogP contribution is 2.57. The summed E-state index contributed by atoms with van der Waals surface area (Å²) in [7, 11) is -0.0689. The molecule has 0 amide bonds. The maximum Gasteiger partial charge on any atom is 0.167 e. The van der Waals surface area contributed by atoms with Crippen LogP contribution in [0.3, 0.4) is 0 Å². The van der Waals surface area contributed by atoms with Crippen LogP contribution in [0.2, 0.25) is 0 Å². The van der Waals surface area contributed by atoms with Crippen LogP contribution in [-0.4, -0.2) is 33.8 Å². The number of fused-ring (bicyclic) bond motifs is 2. The number of Topliss-reactive ketones (excluding diaryl/α,β-unsaturated/α-hetero) is 3. The van der Waals surface area contributed by atoms with Gasteiger partial charge < -0.3 is 5.11 Å².